The molecule has 2 heterocycles. The molecule has 2 aliphatic heterocycles. The third-order valence-electron chi connectivity index (χ3n) is 19.0. The topological polar surface area (TPSA) is 228 Å². The third-order valence-corrected chi connectivity index (χ3v) is 19.0. The first-order valence-corrected chi connectivity index (χ1v) is 38.9. The SMILES string of the molecule is CCCCCCC/C=C\C/C=C\C/C=C\CCCCCCCCCCCCC(=O)NC(COC1OC(CO)C(OC2OC(CO)C(O)C(O)C2O)C(O)C1O)C(O)/C=C/CCCCCCCCCCCCCCCCCCCCCCCCCCCCCCCCC. The van der Waals surface area contributed by atoms with Crippen molar-refractivity contribution in [2.75, 3.05) is 19.8 Å². The van der Waals surface area contributed by atoms with Crippen LogP contribution in [0.5, 0.6) is 0 Å². The molecule has 0 aromatic rings. The molecule has 2 fully saturated rings. The van der Waals surface area contributed by atoms with Crippen LogP contribution in [0.2, 0.25) is 0 Å². The van der Waals surface area contributed by atoms with Crippen molar-refractivity contribution in [2.45, 2.75) is 421 Å². The summed E-state index contributed by atoms with van der Waals surface area (Å²) in [5, 5.41) is 87.6. The molecule has 0 bridgehead atoms. The van der Waals surface area contributed by atoms with Gasteiger partial charge in [-0.3, -0.25) is 4.79 Å². The van der Waals surface area contributed by atoms with Gasteiger partial charge >= 0.3 is 0 Å². The Bertz CT molecular complexity index is 1730. The highest BCUT2D eigenvalue weighted by Gasteiger charge is 2.51. The third kappa shape index (κ3) is 45.5. The van der Waals surface area contributed by atoms with Gasteiger partial charge in [-0.15, -0.1) is 0 Å². The number of nitrogens with one attached hydrogen (secondary N) is 1. The molecule has 0 aliphatic carbocycles. The molecule has 0 aromatic heterocycles. The van der Waals surface area contributed by atoms with Crippen LogP contribution < -0.4 is 5.32 Å². The van der Waals surface area contributed by atoms with Gasteiger partial charge < -0.3 is 65.1 Å². The number of amides is 1. The lowest BCUT2D eigenvalue weighted by Gasteiger charge is -2.46. The van der Waals surface area contributed by atoms with Crippen LogP contribution in [0.15, 0.2) is 48.6 Å². The largest absolute Gasteiger partial charge is 0.394 e. The highest BCUT2D eigenvalue weighted by Crippen LogP contribution is 2.30. The van der Waals surface area contributed by atoms with E-state index in [0.29, 0.717) is 6.42 Å². The van der Waals surface area contributed by atoms with E-state index in [9.17, 15) is 45.6 Å². The minimum atomic E-state index is -1.79. The summed E-state index contributed by atoms with van der Waals surface area (Å²) in [6.07, 6.45) is 66.1. The zero-order valence-corrected chi connectivity index (χ0v) is 59.1. The van der Waals surface area contributed by atoms with E-state index in [2.05, 4.69) is 55.6 Å². The molecular weight excluding hydrogens is 1160 g/mol. The van der Waals surface area contributed by atoms with E-state index in [4.69, 9.17) is 18.9 Å². The van der Waals surface area contributed by atoms with Gasteiger partial charge in [0.15, 0.2) is 12.6 Å². The van der Waals surface area contributed by atoms with Crippen LogP contribution in [-0.4, -0.2) is 140 Å². The average molecular weight is 1310 g/mol. The first-order valence-electron chi connectivity index (χ1n) is 38.9. The quantitative estimate of drug-likeness (QED) is 0.0204. The molecule has 0 saturated carbocycles. The van der Waals surface area contributed by atoms with E-state index in [1.54, 1.807) is 6.08 Å². The molecule has 9 N–H and O–H groups in total. The molecule has 14 nitrogen and oxygen atoms in total. The van der Waals surface area contributed by atoms with Gasteiger partial charge in [0.05, 0.1) is 32.0 Å². The van der Waals surface area contributed by atoms with Gasteiger partial charge in [-0.2, -0.15) is 0 Å². The number of unbranched alkanes of at least 4 members (excludes halogenated alkanes) is 46. The van der Waals surface area contributed by atoms with Gasteiger partial charge in [-0.1, -0.05) is 332 Å². The van der Waals surface area contributed by atoms with Crippen molar-refractivity contribution in [2.24, 2.45) is 0 Å². The number of carbonyl (C=O) groups is 1. The predicted molar refractivity (Wildman–Crippen MR) is 378 cm³/mol. The number of rotatable bonds is 65. The molecule has 2 rings (SSSR count). The minimum absolute atomic E-state index is 0.239. The number of hydrogen-bond donors (Lipinski definition) is 9. The zero-order valence-electron chi connectivity index (χ0n) is 59.1. The maximum absolute atomic E-state index is 13.4. The Morgan fingerprint density at radius 3 is 1.10 bits per heavy atom. The van der Waals surface area contributed by atoms with Gasteiger partial charge in [-0.05, 0) is 57.8 Å². The van der Waals surface area contributed by atoms with Gasteiger partial charge in [0.25, 0.3) is 0 Å². The summed E-state index contributed by atoms with van der Waals surface area (Å²) in [6.45, 7) is 2.84. The smallest absolute Gasteiger partial charge is 0.220 e. The van der Waals surface area contributed by atoms with Crippen LogP contribution >= 0.6 is 0 Å². The molecule has 12 unspecified atom stereocenters. The fraction of sp³-hybridized carbons (Fsp3) is 0.885. The molecule has 2 aliphatic rings. The van der Waals surface area contributed by atoms with Crippen molar-refractivity contribution < 1.29 is 64.6 Å². The Hall–Kier alpha value is -2.05. The molecule has 0 aromatic carbocycles. The summed E-state index contributed by atoms with van der Waals surface area (Å²) in [5.74, 6) is -0.239. The molecule has 0 radical (unpaired) electrons. The Morgan fingerprint density at radius 2 is 0.717 bits per heavy atom. The first kappa shape index (κ1) is 86.0. The van der Waals surface area contributed by atoms with Crippen LogP contribution in [0, 0.1) is 0 Å². The van der Waals surface area contributed by atoms with Crippen LogP contribution in [0.3, 0.4) is 0 Å². The van der Waals surface area contributed by atoms with Gasteiger partial charge in [0, 0.05) is 6.42 Å². The maximum atomic E-state index is 13.4. The van der Waals surface area contributed by atoms with Crippen molar-refractivity contribution in [1.29, 1.82) is 0 Å². The van der Waals surface area contributed by atoms with Crippen molar-refractivity contribution in [3.8, 4) is 0 Å². The van der Waals surface area contributed by atoms with Crippen molar-refractivity contribution in [3.05, 3.63) is 48.6 Å². The zero-order chi connectivity index (χ0) is 66.6. The van der Waals surface area contributed by atoms with Crippen LogP contribution in [0.25, 0.3) is 0 Å². The van der Waals surface area contributed by atoms with Crippen molar-refractivity contribution in [3.63, 3.8) is 0 Å². The summed E-state index contributed by atoms with van der Waals surface area (Å²) in [6, 6.07) is -0.920. The Morgan fingerprint density at radius 1 is 0.391 bits per heavy atom. The number of aliphatic hydroxyl groups is 8. The van der Waals surface area contributed by atoms with E-state index in [1.807, 2.05) is 6.08 Å². The van der Waals surface area contributed by atoms with Crippen molar-refractivity contribution >= 4 is 5.91 Å². The molecule has 540 valence electrons. The second-order valence-corrected chi connectivity index (χ2v) is 27.5. The summed E-state index contributed by atoms with van der Waals surface area (Å²) in [5.41, 5.74) is 0. The molecule has 0 spiro atoms. The number of ether oxygens (including phenoxy) is 4. The molecule has 12 atom stereocenters. The summed E-state index contributed by atoms with van der Waals surface area (Å²) in [4.78, 5) is 13.4. The summed E-state index contributed by atoms with van der Waals surface area (Å²) in [7, 11) is 0. The number of carbonyl (C=O) groups excluding carboxylic acids is 1. The van der Waals surface area contributed by atoms with E-state index in [0.717, 1.165) is 57.8 Å². The molecule has 2 saturated heterocycles. The summed E-state index contributed by atoms with van der Waals surface area (Å²) >= 11 is 0. The average Bonchev–Trinajstić information content (AvgIpc) is 0.865. The highest BCUT2D eigenvalue weighted by molar-refractivity contribution is 5.76. The molecule has 1 amide bonds. The maximum Gasteiger partial charge on any atom is 0.220 e. The Labute approximate surface area is 563 Å². The lowest BCUT2D eigenvalue weighted by Crippen LogP contribution is -2.65. The second kappa shape index (κ2) is 62.5. The Kier molecular flexibility index (Phi) is 58.4. The number of hydrogen-bond acceptors (Lipinski definition) is 13. The van der Waals surface area contributed by atoms with Crippen molar-refractivity contribution in [1.82, 2.24) is 5.32 Å². The molecule has 92 heavy (non-hydrogen) atoms. The van der Waals surface area contributed by atoms with Crippen LogP contribution in [0.4, 0.5) is 0 Å². The number of allylic oxidation sites excluding steroid dienone is 7. The second-order valence-electron chi connectivity index (χ2n) is 27.5. The van der Waals surface area contributed by atoms with Crippen LogP contribution in [-0.2, 0) is 23.7 Å². The fourth-order valence-electron chi connectivity index (χ4n) is 12.8. The fourth-order valence-corrected chi connectivity index (χ4v) is 12.8. The first-order chi connectivity index (χ1) is 45.1. The highest BCUT2D eigenvalue weighted by atomic mass is 16.7. The molecular formula is C78H145NO13. The van der Waals surface area contributed by atoms with E-state index in [1.165, 1.54) is 263 Å². The lowest BCUT2D eigenvalue weighted by molar-refractivity contribution is -0.359. The van der Waals surface area contributed by atoms with Gasteiger partial charge in [0.2, 0.25) is 5.91 Å². The van der Waals surface area contributed by atoms with Gasteiger partial charge in [-0.25, -0.2) is 0 Å². The minimum Gasteiger partial charge on any atom is -0.394 e. The van der Waals surface area contributed by atoms with Crippen LogP contribution in [0.1, 0.15) is 348 Å². The van der Waals surface area contributed by atoms with E-state index in [-0.39, 0.29) is 18.9 Å². The predicted octanol–water partition coefficient (Wildman–Crippen LogP) is 17.0. The lowest BCUT2D eigenvalue weighted by atomic mass is 9.97. The monoisotopic (exact) mass is 1300 g/mol. The Balaban J connectivity index is 1.64. The normalized spacial score (nSPS) is 22.9. The van der Waals surface area contributed by atoms with Gasteiger partial charge in [0.1, 0.15) is 48.8 Å². The summed E-state index contributed by atoms with van der Waals surface area (Å²) < 4.78 is 22.9. The van der Waals surface area contributed by atoms with E-state index < -0.39 is 86.8 Å². The molecule has 14 heteroatoms. The van der Waals surface area contributed by atoms with E-state index >= 15 is 0 Å². The standard InChI is InChI=1S/C78H145NO13/c1-3-5-7-9-11-13-15-17-19-21-23-25-27-29-30-31-32-33-34-35-36-38-39-41-43-45-47-49-51-53-55-57-59-61-67(82)66(65-89-77-75(88)73(86)76(69(64-81)91-77)92-78-74(87)72(85)71(84)68(63-80)90-78)79-70(83)62-60-58-56-54-52-50-48-46-44-42-40-37-28-26-24-22-20-18-16-14-12-10-8-6-4-2/h16,18,22,24,28,37,59,61,66-69,71-78,80-82,84-88H,3-15,17,19-21,23,25-27,29-36,38-58,60,62-65H2,1-2H3,(H,79,83)/b18-16-,24-22-,37-28-,61-59+. The number of aliphatic hydroxyl groups excluding tert-OH is 8.